The highest BCUT2D eigenvalue weighted by molar-refractivity contribution is 6.30. The van der Waals surface area contributed by atoms with E-state index >= 15 is 0 Å². The van der Waals surface area contributed by atoms with E-state index in [0.29, 0.717) is 24.6 Å². The third-order valence-corrected chi connectivity index (χ3v) is 7.96. The Morgan fingerprint density at radius 2 is 1.68 bits per heavy atom. The molecule has 4 heteroatoms. The molecule has 0 radical (unpaired) electrons. The average Bonchev–Trinajstić information content (AvgIpc) is 2.66. The Bertz CT molecular complexity index is 611. The molecule has 3 nitrogen and oxygen atoms in total. The van der Waals surface area contributed by atoms with E-state index < -0.39 is 6.10 Å². The second-order valence-electron chi connectivity index (χ2n) is 9.83. The van der Waals surface area contributed by atoms with Crippen molar-refractivity contribution in [2.45, 2.75) is 77.0 Å². The van der Waals surface area contributed by atoms with Gasteiger partial charge in [-0.2, -0.15) is 0 Å². The minimum atomic E-state index is -0.474. The molecule has 0 aromatic heterocycles. The molecule has 0 spiro atoms. The van der Waals surface area contributed by atoms with Gasteiger partial charge in [-0.15, -0.1) is 0 Å². The summed E-state index contributed by atoms with van der Waals surface area (Å²) in [6, 6.07) is 8.26. The number of hydrogen-bond donors (Lipinski definition) is 2. The van der Waals surface area contributed by atoms with Crippen molar-refractivity contribution >= 4 is 11.6 Å². The third-order valence-electron chi connectivity index (χ3n) is 7.71. The van der Waals surface area contributed by atoms with E-state index in [1.54, 1.807) is 0 Å². The number of hydrogen-bond acceptors (Lipinski definition) is 3. The van der Waals surface area contributed by atoms with E-state index in [1.807, 2.05) is 31.2 Å². The Balaban J connectivity index is 1.26. The quantitative estimate of drug-likeness (QED) is 0.580. The van der Waals surface area contributed by atoms with Crippen molar-refractivity contribution in [2.75, 3.05) is 13.2 Å². The standard InChI is InChI=1S/C24H36ClNO2/c1-3-23(24-11-17-8-18(12-24)10-19(9-17)13-24)26-14-22(27)15-28-16(2)20-4-6-21(25)7-5-20/h4-7,16-19,22-23,26-27H,3,8-15H2,1-2H3/t16-,17?,18?,19?,22-,23+,24?/m0/s1. The maximum Gasteiger partial charge on any atom is 0.0898 e. The Hall–Kier alpha value is -0.610. The zero-order chi connectivity index (χ0) is 19.7. The summed E-state index contributed by atoms with van der Waals surface area (Å²) in [6.07, 6.45) is 9.30. The van der Waals surface area contributed by atoms with Crippen molar-refractivity contribution in [1.29, 1.82) is 0 Å². The topological polar surface area (TPSA) is 41.5 Å². The van der Waals surface area contributed by atoms with E-state index in [4.69, 9.17) is 16.3 Å². The van der Waals surface area contributed by atoms with Gasteiger partial charge in [-0.25, -0.2) is 0 Å². The zero-order valence-electron chi connectivity index (χ0n) is 17.4. The summed E-state index contributed by atoms with van der Waals surface area (Å²) in [5.74, 6) is 2.90. The van der Waals surface area contributed by atoms with Crippen LogP contribution in [0, 0.1) is 23.2 Å². The highest BCUT2D eigenvalue weighted by atomic mass is 35.5. The molecule has 4 aliphatic rings. The molecule has 3 atom stereocenters. The fourth-order valence-corrected chi connectivity index (χ4v) is 6.95. The van der Waals surface area contributed by atoms with Crippen molar-refractivity contribution in [3.05, 3.63) is 34.9 Å². The molecule has 28 heavy (non-hydrogen) atoms. The largest absolute Gasteiger partial charge is 0.389 e. The SMILES string of the molecule is CC[C@@H](NC[C@H](O)CO[C@@H](C)c1ccc(Cl)cc1)C12CC3CC(CC(C3)C1)C2. The number of halogens is 1. The zero-order valence-corrected chi connectivity index (χ0v) is 18.1. The molecule has 156 valence electrons. The van der Waals surface area contributed by atoms with Crippen molar-refractivity contribution < 1.29 is 9.84 Å². The Kier molecular flexibility index (Phi) is 6.37. The fourth-order valence-electron chi connectivity index (χ4n) is 6.82. The van der Waals surface area contributed by atoms with Crippen LogP contribution in [0.3, 0.4) is 0 Å². The summed E-state index contributed by atoms with van der Waals surface area (Å²) in [4.78, 5) is 0. The molecule has 0 saturated heterocycles. The van der Waals surface area contributed by atoms with Crippen LogP contribution in [0.4, 0.5) is 0 Å². The van der Waals surface area contributed by atoms with Gasteiger partial charge in [0.15, 0.2) is 0 Å². The molecule has 0 amide bonds. The Labute approximate surface area is 175 Å². The second-order valence-corrected chi connectivity index (χ2v) is 10.3. The van der Waals surface area contributed by atoms with Gasteiger partial charge in [-0.05, 0) is 92.7 Å². The lowest BCUT2D eigenvalue weighted by atomic mass is 9.47. The lowest BCUT2D eigenvalue weighted by Gasteiger charge is -2.59. The molecule has 1 aromatic rings. The summed E-state index contributed by atoms with van der Waals surface area (Å²) in [7, 11) is 0. The van der Waals surface area contributed by atoms with E-state index in [0.717, 1.165) is 34.8 Å². The number of ether oxygens (including phenoxy) is 1. The summed E-state index contributed by atoms with van der Waals surface area (Å²) in [5, 5.41) is 15.0. The molecule has 0 aliphatic heterocycles. The first-order valence-corrected chi connectivity index (χ1v) is 11.6. The van der Waals surface area contributed by atoms with Gasteiger partial charge in [-0.3, -0.25) is 0 Å². The smallest absolute Gasteiger partial charge is 0.0898 e. The predicted octanol–water partition coefficient (Wildman–Crippen LogP) is 5.36. The van der Waals surface area contributed by atoms with Crippen LogP contribution < -0.4 is 5.32 Å². The van der Waals surface area contributed by atoms with Gasteiger partial charge in [0.25, 0.3) is 0 Å². The highest BCUT2D eigenvalue weighted by Gasteiger charge is 2.53. The third kappa shape index (κ3) is 4.43. The highest BCUT2D eigenvalue weighted by Crippen LogP contribution is 2.61. The maximum absolute atomic E-state index is 10.5. The first-order valence-electron chi connectivity index (χ1n) is 11.3. The van der Waals surface area contributed by atoms with Crippen LogP contribution in [0.25, 0.3) is 0 Å². The number of rotatable bonds is 9. The number of benzene rings is 1. The van der Waals surface area contributed by atoms with Crippen molar-refractivity contribution in [3.8, 4) is 0 Å². The molecular formula is C24H36ClNO2. The number of aliphatic hydroxyl groups is 1. The molecule has 4 fully saturated rings. The normalized spacial score (nSPS) is 34.4. The molecule has 0 unspecified atom stereocenters. The van der Waals surface area contributed by atoms with Gasteiger partial charge in [0.2, 0.25) is 0 Å². The van der Waals surface area contributed by atoms with Gasteiger partial charge in [-0.1, -0.05) is 30.7 Å². The van der Waals surface area contributed by atoms with Gasteiger partial charge >= 0.3 is 0 Å². The second kappa shape index (κ2) is 8.63. The maximum atomic E-state index is 10.5. The lowest BCUT2D eigenvalue weighted by molar-refractivity contribution is -0.0773. The first kappa shape index (κ1) is 20.7. The van der Waals surface area contributed by atoms with Gasteiger partial charge in [0.05, 0.1) is 18.8 Å². The molecule has 4 aliphatic carbocycles. The van der Waals surface area contributed by atoms with Gasteiger partial charge in [0, 0.05) is 17.6 Å². The summed E-state index contributed by atoms with van der Waals surface area (Å²) in [6.45, 7) is 5.30. The molecule has 0 heterocycles. The summed E-state index contributed by atoms with van der Waals surface area (Å²) >= 11 is 5.95. The predicted molar refractivity (Wildman–Crippen MR) is 115 cm³/mol. The van der Waals surface area contributed by atoms with E-state index in [2.05, 4.69) is 12.2 Å². The Morgan fingerprint density at radius 1 is 1.11 bits per heavy atom. The van der Waals surface area contributed by atoms with Crippen molar-refractivity contribution in [3.63, 3.8) is 0 Å². The minimum Gasteiger partial charge on any atom is -0.389 e. The molecular weight excluding hydrogens is 370 g/mol. The monoisotopic (exact) mass is 405 g/mol. The lowest BCUT2D eigenvalue weighted by Crippen LogP contribution is -2.56. The van der Waals surface area contributed by atoms with E-state index in [1.165, 1.54) is 38.5 Å². The van der Waals surface area contributed by atoms with Gasteiger partial charge in [0.1, 0.15) is 0 Å². The summed E-state index contributed by atoms with van der Waals surface area (Å²) in [5.41, 5.74) is 1.57. The Morgan fingerprint density at radius 3 is 2.21 bits per heavy atom. The minimum absolute atomic E-state index is 0.0444. The van der Waals surface area contributed by atoms with Gasteiger partial charge < -0.3 is 15.2 Å². The van der Waals surface area contributed by atoms with Crippen LogP contribution in [-0.4, -0.2) is 30.4 Å². The van der Waals surface area contributed by atoms with Crippen molar-refractivity contribution in [1.82, 2.24) is 5.32 Å². The molecule has 4 saturated carbocycles. The average molecular weight is 406 g/mol. The van der Waals surface area contributed by atoms with Crippen LogP contribution in [0.15, 0.2) is 24.3 Å². The number of aliphatic hydroxyl groups excluding tert-OH is 1. The van der Waals surface area contributed by atoms with Crippen LogP contribution in [0.5, 0.6) is 0 Å². The van der Waals surface area contributed by atoms with Crippen molar-refractivity contribution in [2.24, 2.45) is 23.2 Å². The molecule has 2 N–H and O–H groups in total. The van der Waals surface area contributed by atoms with Crippen LogP contribution in [0.1, 0.15) is 70.5 Å². The first-order chi connectivity index (χ1) is 13.5. The molecule has 1 aromatic carbocycles. The summed E-state index contributed by atoms with van der Waals surface area (Å²) < 4.78 is 5.91. The number of nitrogens with one attached hydrogen (secondary N) is 1. The molecule has 4 bridgehead atoms. The van der Waals surface area contributed by atoms with E-state index in [9.17, 15) is 5.11 Å². The van der Waals surface area contributed by atoms with Crippen LogP contribution in [-0.2, 0) is 4.74 Å². The van der Waals surface area contributed by atoms with Crippen LogP contribution in [0.2, 0.25) is 5.02 Å². The molecule has 5 rings (SSSR count). The fraction of sp³-hybridized carbons (Fsp3) is 0.750. The van der Waals surface area contributed by atoms with E-state index in [-0.39, 0.29) is 6.10 Å². The van der Waals surface area contributed by atoms with Crippen LogP contribution >= 0.6 is 11.6 Å².